The lowest BCUT2D eigenvalue weighted by molar-refractivity contribution is -0.0213. The van der Waals surface area contributed by atoms with Crippen LogP contribution in [0.4, 0.5) is 0 Å². The first-order chi connectivity index (χ1) is 11.7. The summed E-state index contributed by atoms with van der Waals surface area (Å²) in [6.45, 7) is 0.840. The molecular formula is C21H24ClNO. The molecule has 2 nitrogen and oxygen atoms in total. The maximum Gasteiger partial charge on any atom is 0.134 e. The number of furan rings is 1. The topological polar surface area (TPSA) is 25.2 Å². The van der Waals surface area contributed by atoms with Gasteiger partial charge >= 0.3 is 0 Å². The average molecular weight is 342 g/mol. The molecule has 4 aliphatic rings. The molecule has 126 valence electrons. The van der Waals surface area contributed by atoms with Gasteiger partial charge in [0.15, 0.2) is 0 Å². The molecule has 2 aromatic rings. The Bertz CT molecular complexity index is 715. The van der Waals surface area contributed by atoms with Gasteiger partial charge in [-0.25, -0.2) is 0 Å². The number of hydrogen-bond donors (Lipinski definition) is 1. The van der Waals surface area contributed by atoms with Gasteiger partial charge in [-0.2, -0.15) is 0 Å². The molecule has 0 saturated heterocycles. The highest BCUT2D eigenvalue weighted by Crippen LogP contribution is 2.55. The quantitative estimate of drug-likeness (QED) is 0.776. The molecule has 24 heavy (non-hydrogen) atoms. The van der Waals surface area contributed by atoms with Crippen LogP contribution in [0.15, 0.2) is 40.8 Å². The van der Waals surface area contributed by atoms with Gasteiger partial charge in [-0.05, 0) is 80.5 Å². The molecule has 4 saturated carbocycles. The average Bonchev–Trinajstić information content (AvgIpc) is 3.01. The number of benzene rings is 1. The van der Waals surface area contributed by atoms with Gasteiger partial charge in [-0.1, -0.05) is 23.7 Å². The molecule has 4 bridgehead atoms. The van der Waals surface area contributed by atoms with Gasteiger partial charge in [0.2, 0.25) is 0 Å². The zero-order valence-corrected chi connectivity index (χ0v) is 14.7. The summed E-state index contributed by atoms with van der Waals surface area (Å²) < 4.78 is 6.07. The van der Waals surface area contributed by atoms with Gasteiger partial charge in [0.1, 0.15) is 11.5 Å². The van der Waals surface area contributed by atoms with E-state index in [1.54, 1.807) is 0 Å². The standard InChI is InChI=1S/C21H24ClNO/c22-18-3-1-2-17(9-18)20-5-4-19(24-20)13-23-21-10-14-6-15(11-21)8-16(7-14)12-21/h1-5,9,14-16,23H,6-8,10-13H2. The van der Waals surface area contributed by atoms with Crippen LogP contribution in [0.2, 0.25) is 5.02 Å². The van der Waals surface area contributed by atoms with Gasteiger partial charge < -0.3 is 9.73 Å². The molecule has 1 N–H and O–H groups in total. The van der Waals surface area contributed by atoms with E-state index in [1.165, 1.54) is 38.5 Å². The molecule has 0 aliphatic heterocycles. The normalized spacial score (nSPS) is 34.0. The van der Waals surface area contributed by atoms with Crippen molar-refractivity contribution in [2.45, 2.75) is 50.6 Å². The smallest absolute Gasteiger partial charge is 0.134 e. The molecule has 0 radical (unpaired) electrons. The Balaban J connectivity index is 1.29. The van der Waals surface area contributed by atoms with Gasteiger partial charge in [-0.3, -0.25) is 0 Å². The number of hydrogen-bond acceptors (Lipinski definition) is 2. The summed E-state index contributed by atoms with van der Waals surface area (Å²) in [5, 5.41) is 4.65. The summed E-state index contributed by atoms with van der Waals surface area (Å²) in [5.74, 6) is 4.85. The van der Waals surface area contributed by atoms with Crippen molar-refractivity contribution in [2.24, 2.45) is 17.8 Å². The molecule has 3 heteroatoms. The van der Waals surface area contributed by atoms with E-state index in [4.69, 9.17) is 16.0 Å². The lowest BCUT2D eigenvalue weighted by Crippen LogP contribution is -2.58. The van der Waals surface area contributed by atoms with E-state index < -0.39 is 0 Å². The van der Waals surface area contributed by atoms with Crippen LogP contribution < -0.4 is 5.32 Å². The molecule has 0 amide bonds. The summed E-state index contributed by atoms with van der Waals surface area (Å²) in [4.78, 5) is 0. The second kappa shape index (κ2) is 5.64. The van der Waals surface area contributed by atoms with E-state index in [2.05, 4.69) is 17.4 Å². The molecule has 1 aromatic heterocycles. The molecule has 0 atom stereocenters. The monoisotopic (exact) mass is 341 g/mol. The van der Waals surface area contributed by atoms with E-state index in [0.29, 0.717) is 5.54 Å². The minimum absolute atomic E-state index is 0.387. The number of rotatable bonds is 4. The van der Waals surface area contributed by atoms with E-state index in [1.807, 2.05) is 24.3 Å². The Morgan fingerprint density at radius 2 is 1.71 bits per heavy atom. The Morgan fingerprint density at radius 1 is 1.00 bits per heavy atom. The van der Waals surface area contributed by atoms with Crippen LogP contribution in [0.5, 0.6) is 0 Å². The summed E-state index contributed by atoms with van der Waals surface area (Å²) in [6, 6.07) is 12.0. The van der Waals surface area contributed by atoms with Crippen LogP contribution in [0.3, 0.4) is 0 Å². The third-order valence-corrected chi connectivity index (χ3v) is 6.68. The second-order valence-corrected chi connectivity index (χ2v) is 8.76. The second-order valence-electron chi connectivity index (χ2n) is 8.33. The van der Waals surface area contributed by atoms with Gasteiger partial charge in [-0.15, -0.1) is 0 Å². The van der Waals surface area contributed by atoms with E-state index in [-0.39, 0.29) is 0 Å². The van der Waals surface area contributed by atoms with Crippen molar-refractivity contribution in [1.82, 2.24) is 5.32 Å². The van der Waals surface area contributed by atoms with Crippen LogP contribution in [-0.4, -0.2) is 5.54 Å². The molecule has 1 aromatic carbocycles. The maximum atomic E-state index is 6.09. The third kappa shape index (κ3) is 2.70. The SMILES string of the molecule is Clc1cccc(-c2ccc(CNC34CC5CC(CC(C5)C3)C4)o2)c1. The molecule has 4 fully saturated rings. The van der Waals surface area contributed by atoms with Crippen molar-refractivity contribution < 1.29 is 4.42 Å². The molecule has 0 spiro atoms. The van der Waals surface area contributed by atoms with Crippen LogP contribution in [-0.2, 0) is 6.54 Å². The molecule has 6 rings (SSSR count). The van der Waals surface area contributed by atoms with Crippen molar-refractivity contribution in [3.63, 3.8) is 0 Å². The third-order valence-electron chi connectivity index (χ3n) is 6.45. The highest BCUT2D eigenvalue weighted by atomic mass is 35.5. The first kappa shape index (κ1) is 15.0. The molecular weight excluding hydrogens is 318 g/mol. The Morgan fingerprint density at radius 3 is 2.38 bits per heavy atom. The van der Waals surface area contributed by atoms with Crippen molar-refractivity contribution in [3.05, 3.63) is 47.2 Å². The Labute approximate surface area is 148 Å². The van der Waals surface area contributed by atoms with Crippen LogP contribution >= 0.6 is 11.6 Å². The van der Waals surface area contributed by atoms with E-state index in [9.17, 15) is 0 Å². The van der Waals surface area contributed by atoms with Crippen molar-refractivity contribution in [2.75, 3.05) is 0 Å². The van der Waals surface area contributed by atoms with Crippen molar-refractivity contribution in [3.8, 4) is 11.3 Å². The number of nitrogens with one attached hydrogen (secondary N) is 1. The molecule has 1 heterocycles. The first-order valence-electron chi connectivity index (χ1n) is 9.27. The molecule has 4 aliphatic carbocycles. The maximum absolute atomic E-state index is 6.09. The lowest BCUT2D eigenvalue weighted by Gasteiger charge is -2.57. The number of halogens is 1. The largest absolute Gasteiger partial charge is 0.460 e. The van der Waals surface area contributed by atoms with E-state index in [0.717, 1.165) is 46.4 Å². The zero-order chi connectivity index (χ0) is 16.1. The predicted molar refractivity (Wildman–Crippen MR) is 96.9 cm³/mol. The van der Waals surface area contributed by atoms with Crippen molar-refractivity contribution in [1.29, 1.82) is 0 Å². The summed E-state index contributed by atoms with van der Waals surface area (Å²) in [6.07, 6.45) is 8.59. The zero-order valence-electron chi connectivity index (χ0n) is 13.9. The van der Waals surface area contributed by atoms with Gasteiger partial charge in [0.05, 0.1) is 6.54 Å². The Kier molecular flexibility index (Phi) is 3.53. The molecule has 0 unspecified atom stereocenters. The lowest BCUT2D eigenvalue weighted by atomic mass is 9.53. The van der Waals surface area contributed by atoms with Gasteiger partial charge in [0, 0.05) is 16.1 Å². The fraction of sp³-hybridized carbons (Fsp3) is 0.524. The fourth-order valence-corrected chi connectivity index (χ4v) is 6.06. The Hall–Kier alpha value is -1.25. The predicted octanol–water partition coefficient (Wildman–Crippen LogP) is 5.66. The summed E-state index contributed by atoms with van der Waals surface area (Å²) in [7, 11) is 0. The summed E-state index contributed by atoms with van der Waals surface area (Å²) in [5.41, 5.74) is 1.43. The van der Waals surface area contributed by atoms with Crippen LogP contribution in [0.1, 0.15) is 44.3 Å². The van der Waals surface area contributed by atoms with E-state index >= 15 is 0 Å². The highest BCUT2D eigenvalue weighted by molar-refractivity contribution is 6.30. The summed E-state index contributed by atoms with van der Waals surface area (Å²) >= 11 is 6.09. The van der Waals surface area contributed by atoms with Crippen LogP contribution in [0.25, 0.3) is 11.3 Å². The highest BCUT2D eigenvalue weighted by Gasteiger charge is 2.50. The first-order valence-corrected chi connectivity index (χ1v) is 9.65. The van der Waals surface area contributed by atoms with Crippen molar-refractivity contribution >= 4 is 11.6 Å². The fourth-order valence-electron chi connectivity index (χ4n) is 5.87. The van der Waals surface area contributed by atoms with Gasteiger partial charge in [0.25, 0.3) is 0 Å². The van der Waals surface area contributed by atoms with Crippen LogP contribution in [0, 0.1) is 17.8 Å². The minimum atomic E-state index is 0.387. The minimum Gasteiger partial charge on any atom is -0.460 e.